The van der Waals surface area contributed by atoms with Crippen molar-refractivity contribution >= 4 is 21.6 Å². The number of rotatable bonds is 6. The van der Waals surface area contributed by atoms with Crippen LogP contribution in [0.25, 0.3) is 0 Å². The second-order valence-electron chi connectivity index (χ2n) is 8.92. The van der Waals surface area contributed by atoms with Crippen molar-refractivity contribution in [2.45, 2.75) is 37.8 Å². The molecule has 0 saturated carbocycles. The minimum absolute atomic E-state index is 0.0773. The molecule has 33 heavy (non-hydrogen) atoms. The molecule has 0 N–H and O–H groups in total. The molecule has 9 nitrogen and oxygen atoms in total. The lowest BCUT2D eigenvalue weighted by molar-refractivity contribution is -0.137. The number of hydrogen-bond donors (Lipinski definition) is 0. The van der Waals surface area contributed by atoms with Gasteiger partial charge in [0, 0.05) is 57.4 Å². The molecule has 0 unspecified atom stereocenters. The summed E-state index contributed by atoms with van der Waals surface area (Å²) < 4.78 is 34.6. The molecule has 1 aromatic carbocycles. The van der Waals surface area contributed by atoms with Crippen molar-refractivity contribution in [3.63, 3.8) is 0 Å². The minimum atomic E-state index is -3.64. The van der Waals surface area contributed by atoms with Crippen LogP contribution in [0.2, 0.25) is 0 Å². The maximum Gasteiger partial charge on any atom is 0.262 e. The predicted molar refractivity (Wildman–Crippen MR) is 126 cm³/mol. The zero-order valence-corrected chi connectivity index (χ0v) is 20.4. The van der Waals surface area contributed by atoms with E-state index in [1.165, 1.54) is 4.31 Å². The van der Waals surface area contributed by atoms with Crippen molar-refractivity contribution in [2.24, 2.45) is 5.92 Å². The normalized spacial score (nSPS) is 18.7. The largest absolute Gasteiger partial charge is 0.495 e. The molecule has 0 atom stereocenters. The van der Waals surface area contributed by atoms with Crippen LogP contribution >= 0.6 is 0 Å². The van der Waals surface area contributed by atoms with Gasteiger partial charge in [0.15, 0.2) is 5.03 Å². The molecule has 0 radical (unpaired) electrons. The molecule has 0 spiro atoms. The van der Waals surface area contributed by atoms with Gasteiger partial charge in [-0.2, -0.15) is 4.31 Å². The van der Waals surface area contributed by atoms with Gasteiger partial charge < -0.3 is 19.1 Å². The van der Waals surface area contributed by atoms with Crippen molar-refractivity contribution < 1.29 is 17.9 Å². The van der Waals surface area contributed by atoms with E-state index in [1.807, 2.05) is 43.0 Å². The molecular formula is C23H33N5O4S. The highest BCUT2D eigenvalue weighted by Gasteiger charge is 2.35. The lowest BCUT2D eigenvalue weighted by Crippen LogP contribution is -2.52. The van der Waals surface area contributed by atoms with Crippen molar-refractivity contribution in [1.82, 2.24) is 18.8 Å². The van der Waals surface area contributed by atoms with Crippen molar-refractivity contribution in [3.8, 4) is 5.75 Å². The quantitative estimate of drug-likeness (QED) is 0.637. The number of nitrogens with zero attached hydrogens (tertiary/aromatic N) is 5. The van der Waals surface area contributed by atoms with Crippen LogP contribution in [0.15, 0.2) is 41.8 Å². The number of methoxy groups -OCH3 is 1. The first-order chi connectivity index (χ1) is 15.8. The number of carbonyl (C=O) groups excluding carboxylic acids is 1. The van der Waals surface area contributed by atoms with Crippen LogP contribution in [-0.2, 0) is 14.8 Å². The van der Waals surface area contributed by atoms with Gasteiger partial charge in [-0.3, -0.25) is 4.79 Å². The molecule has 10 heteroatoms. The third-order valence-electron chi connectivity index (χ3n) is 6.60. The van der Waals surface area contributed by atoms with E-state index in [-0.39, 0.29) is 22.9 Å². The van der Waals surface area contributed by atoms with Crippen molar-refractivity contribution in [3.05, 3.63) is 36.8 Å². The molecular weight excluding hydrogens is 442 g/mol. The number of hydrogen-bond acceptors (Lipinski definition) is 6. The summed E-state index contributed by atoms with van der Waals surface area (Å²) in [6.07, 6.45) is 4.21. The smallest absolute Gasteiger partial charge is 0.262 e. The Hall–Kier alpha value is -2.59. The van der Waals surface area contributed by atoms with Crippen LogP contribution in [0.3, 0.4) is 0 Å². The minimum Gasteiger partial charge on any atom is -0.495 e. The van der Waals surface area contributed by atoms with Gasteiger partial charge in [-0.25, -0.2) is 13.4 Å². The van der Waals surface area contributed by atoms with Crippen LogP contribution in [0, 0.1) is 5.92 Å². The standard InChI is InChI=1S/C23H33N5O4S/c1-18(2)27-16-22(24-17-27)33(30,31)28-10-8-19(9-11-28)23(29)26-14-12-25(13-15-26)20-6-4-5-7-21(20)32-3/h4-7,16-19H,8-15H2,1-3H3. The summed E-state index contributed by atoms with van der Waals surface area (Å²) >= 11 is 0. The second-order valence-corrected chi connectivity index (χ2v) is 10.8. The Labute approximate surface area is 196 Å². The van der Waals surface area contributed by atoms with E-state index in [9.17, 15) is 13.2 Å². The van der Waals surface area contributed by atoms with Gasteiger partial charge in [0.05, 0.1) is 19.1 Å². The molecule has 1 aromatic heterocycles. The lowest BCUT2D eigenvalue weighted by Gasteiger charge is -2.39. The highest BCUT2D eigenvalue weighted by atomic mass is 32.2. The summed E-state index contributed by atoms with van der Waals surface area (Å²) in [5.74, 6) is 0.836. The SMILES string of the molecule is COc1ccccc1N1CCN(C(=O)C2CCN(S(=O)(=O)c3cn(C(C)C)cn3)CC2)CC1. The first-order valence-electron chi connectivity index (χ1n) is 11.5. The molecule has 3 heterocycles. The number of piperazine rings is 1. The van der Waals surface area contributed by atoms with E-state index in [1.54, 1.807) is 24.2 Å². The maximum atomic E-state index is 13.1. The number of amides is 1. The van der Waals surface area contributed by atoms with Crippen molar-refractivity contribution in [2.75, 3.05) is 51.3 Å². The summed E-state index contributed by atoms with van der Waals surface area (Å²) in [6.45, 7) is 7.44. The second kappa shape index (κ2) is 9.72. The Bertz CT molecular complexity index is 1070. The Morgan fingerprint density at radius 3 is 2.33 bits per heavy atom. The summed E-state index contributed by atoms with van der Waals surface area (Å²) in [7, 11) is -1.97. The van der Waals surface area contributed by atoms with Crippen LogP contribution in [0.4, 0.5) is 5.69 Å². The molecule has 2 fully saturated rings. The number of piperidine rings is 1. The molecule has 0 aliphatic carbocycles. The number of carbonyl (C=O) groups is 1. The highest BCUT2D eigenvalue weighted by molar-refractivity contribution is 7.89. The maximum absolute atomic E-state index is 13.1. The molecule has 1 amide bonds. The summed E-state index contributed by atoms with van der Waals surface area (Å²) in [4.78, 5) is 21.4. The zero-order valence-electron chi connectivity index (χ0n) is 19.6. The number of aromatic nitrogens is 2. The van der Waals surface area contributed by atoms with Gasteiger partial charge in [0.1, 0.15) is 5.75 Å². The van der Waals surface area contributed by atoms with E-state index in [2.05, 4.69) is 9.88 Å². The van der Waals surface area contributed by atoms with Crippen LogP contribution in [0.1, 0.15) is 32.7 Å². The Morgan fingerprint density at radius 2 is 1.73 bits per heavy atom. The Kier molecular flexibility index (Phi) is 6.94. The molecule has 2 aromatic rings. The van der Waals surface area contributed by atoms with Crippen molar-refractivity contribution in [1.29, 1.82) is 0 Å². The highest BCUT2D eigenvalue weighted by Crippen LogP contribution is 2.29. The number of benzene rings is 1. The Balaban J connectivity index is 1.31. The number of para-hydroxylation sites is 2. The molecule has 2 aliphatic rings. The first kappa shape index (κ1) is 23.6. The fourth-order valence-corrected chi connectivity index (χ4v) is 5.92. The van der Waals surface area contributed by atoms with E-state index >= 15 is 0 Å². The van der Waals surface area contributed by atoms with Crippen LogP contribution in [-0.4, -0.2) is 79.5 Å². The third kappa shape index (κ3) is 4.86. The van der Waals surface area contributed by atoms with Gasteiger partial charge in [-0.05, 0) is 38.8 Å². The molecule has 180 valence electrons. The first-order valence-corrected chi connectivity index (χ1v) is 13.0. The van der Waals surface area contributed by atoms with Gasteiger partial charge in [-0.15, -0.1) is 0 Å². The third-order valence-corrected chi connectivity index (χ3v) is 8.38. The summed E-state index contributed by atoms with van der Waals surface area (Å²) in [6, 6.07) is 8.07. The number of anilines is 1. The van der Waals surface area contributed by atoms with E-state index < -0.39 is 10.0 Å². The van der Waals surface area contributed by atoms with Gasteiger partial charge in [-0.1, -0.05) is 12.1 Å². The molecule has 2 aliphatic heterocycles. The van der Waals surface area contributed by atoms with E-state index in [0.29, 0.717) is 39.0 Å². The van der Waals surface area contributed by atoms with Gasteiger partial charge in [0.25, 0.3) is 10.0 Å². The summed E-state index contributed by atoms with van der Waals surface area (Å²) in [5.41, 5.74) is 1.05. The Morgan fingerprint density at radius 1 is 1.06 bits per heavy atom. The zero-order chi connectivity index (χ0) is 23.6. The average Bonchev–Trinajstić information content (AvgIpc) is 3.36. The monoisotopic (exact) mass is 475 g/mol. The average molecular weight is 476 g/mol. The molecule has 4 rings (SSSR count). The van der Waals surface area contributed by atoms with E-state index in [4.69, 9.17) is 4.74 Å². The number of ether oxygens (including phenoxy) is 1. The fourth-order valence-electron chi connectivity index (χ4n) is 4.53. The molecule has 2 saturated heterocycles. The number of imidazole rings is 1. The van der Waals surface area contributed by atoms with Gasteiger partial charge in [0.2, 0.25) is 5.91 Å². The summed E-state index contributed by atoms with van der Waals surface area (Å²) in [5, 5.41) is 0.0773. The molecule has 0 bridgehead atoms. The van der Waals surface area contributed by atoms with Crippen LogP contribution in [0.5, 0.6) is 5.75 Å². The number of sulfonamides is 1. The van der Waals surface area contributed by atoms with Gasteiger partial charge >= 0.3 is 0 Å². The predicted octanol–water partition coefficient (Wildman–Crippen LogP) is 2.22. The van der Waals surface area contributed by atoms with Crippen LogP contribution < -0.4 is 9.64 Å². The topological polar surface area (TPSA) is 88.0 Å². The van der Waals surface area contributed by atoms with E-state index in [0.717, 1.165) is 24.5 Å². The lowest BCUT2D eigenvalue weighted by atomic mass is 9.96. The fraction of sp³-hybridized carbons (Fsp3) is 0.565.